The number of halogens is 2. The standard InChI is InChI=1S/C18H24F2N2O3/c1-24-16-8-12(6-7-15(16)25-13-4-2-3-5-13)10-21-17(23)14-9-18(19,20)11-22-14/h6-8,13-14,22H,2-5,9-11H2,1H3,(H,21,23). The third kappa shape index (κ3) is 4.60. The zero-order valence-electron chi connectivity index (χ0n) is 14.3. The molecule has 1 unspecified atom stereocenters. The van der Waals surface area contributed by atoms with Crippen LogP contribution in [0.15, 0.2) is 18.2 Å². The van der Waals surface area contributed by atoms with Crippen molar-refractivity contribution in [1.29, 1.82) is 0 Å². The molecule has 0 bridgehead atoms. The molecule has 1 heterocycles. The van der Waals surface area contributed by atoms with Crippen LogP contribution < -0.4 is 20.1 Å². The molecule has 1 atom stereocenters. The van der Waals surface area contributed by atoms with E-state index in [1.165, 1.54) is 12.8 Å². The molecule has 25 heavy (non-hydrogen) atoms. The molecule has 0 spiro atoms. The lowest BCUT2D eigenvalue weighted by Gasteiger charge is -2.17. The third-order valence-corrected chi connectivity index (χ3v) is 4.72. The molecule has 138 valence electrons. The Morgan fingerprint density at radius 1 is 1.32 bits per heavy atom. The summed E-state index contributed by atoms with van der Waals surface area (Å²) in [6, 6.07) is 4.65. The Morgan fingerprint density at radius 2 is 2.08 bits per heavy atom. The van der Waals surface area contributed by atoms with Gasteiger partial charge in [-0.3, -0.25) is 10.1 Å². The van der Waals surface area contributed by atoms with Crippen LogP contribution in [0.5, 0.6) is 11.5 Å². The molecule has 2 aliphatic rings. The number of ether oxygens (including phenoxy) is 2. The summed E-state index contributed by atoms with van der Waals surface area (Å²) in [6.07, 6.45) is 4.25. The highest BCUT2D eigenvalue weighted by molar-refractivity contribution is 5.82. The summed E-state index contributed by atoms with van der Waals surface area (Å²) >= 11 is 0. The van der Waals surface area contributed by atoms with Gasteiger partial charge in [-0.05, 0) is 43.4 Å². The summed E-state index contributed by atoms with van der Waals surface area (Å²) in [5, 5.41) is 5.24. The largest absolute Gasteiger partial charge is 0.493 e. The minimum atomic E-state index is -2.82. The minimum Gasteiger partial charge on any atom is -0.493 e. The summed E-state index contributed by atoms with van der Waals surface area (Å²) in [4.78, 5) is 12.0. The maximum atomic E-state index is 13.2. The Morgan fingerprint density at radius 3 is 2.72 bits per heavy atom. The third-order valence-electron chi connectivity index (χ3n) is 4.72. The Balaban J connectivity index is 1.56. The molecule has 2 N–H and O–H groups in total. The Kier molecular flexibility index (Phi) is 5.42. The molecule has 1 aliphatic carbocycles. The number of carbonyl (C=O) groups excluding carboxylic acids is 1. The van der Waals surface area contributed by atoms with Gasteiger partial charge in [-0.1, -0.05) is 6.07 Å². The van der Waals surface area contributed by atoms with Crippen molar-refractivity contribution < 1.29 is 23.0 Å². The number of nitrogens with one attached hydrogen (secondary N) is 2. The monoisotopic (exact) mass is 354 g/mol. The minimum absolute atomic E-state index is 0.231. The molecule has 1 aliphatic heterocycles. The van der Waals surface area contributed by atoms with Gasteiger partial charge in [-0.15, -0.1) is 0 Å². The van der Waals surface area contributed by atoms with Crippen molar-refractivity contribution >= 4 is 5.91 Å². The molecule has 1 aromatic rings. The fourth-order valence-electron chi connectivity index (χ4n) is 3.32. The number of methoxy groups -OCH3 is 1. The number of amides is 1. The van der Waals surface area contributed by atoms with E-state index < -0.39 is 30.8 Å². The predicted octanol–water partition coefficient (Wildman–Crippen LogP) is 2.63. The first-order valence-corrected chi connectivity index (χ1v) is 8.69. The lowest BCUT2D eigenvalue weighted by Crippen LogP contribution is -2.40. The summed E-state index contributed by atoms with van der Waals surface area (Å²) < 4.78 is 37.7. The molecule has 1 saturated carbocycles. The topological polar surface area (TPSA) is 59.6 Å². The normalized spacial score (nSPS) is 22.8. The Labute approximate surface area is 146 Å². The number of benzene rings is 1. The van der Waals surface area contributed by atoms with E-state index in [2.05, 4.69) is 10.6 Å². The maximum absolute atomic E-state index is 13.2. The van der Waals surface area contributed by atoms with Gasteiger partial charge in [0.05, 0.1) is 25.8 Å². The molecule has 1 saturated heterocycles. The smallest absolute Gasteiger partial charge is 0.262 e. The van der Waals surface area contributed by atoms with Crippen molar-refractivity contribution in [1.82, 2.24) is 10.6 Å². The number of alkyl halides is 2. The highest BCUT2D eigenvalue weighted by Gasteiger charge is 2.42. The highest BCUT2D eigenvalue weighted by Crippen LogP contribution is 2.32. The fraction of sp³-hybridized carbons (Fsp3) is 0.611. The second-order valence-electron chi connectivity index (χ2n) is 6.72. The Bertz CT molecular complexity index is 618. The van der Waals surface area contributed by atoms with Crippen molar-refractivity contribution in [3.8, 4) is 11.5 Å². The van der Waals surface area contributed by atoms with Crippen molar-refractivity contribution in [3.63, 3.8) is 0 Å². The Hall–Kier alpha value is -1.89. The summed E-state index contributed by atoms with van der Waals surface area (Å²) in [5.41, 5.74) is 0.828. The first kappa shape index (κ1) is 17.9. The average Bonchev–Trinajstić information content (AvgIpc) is 3.22. The zero-order valence-corrected chi connectivity index (χ0v) is 14.3. The lowest BCUT2D eigenvalue weighted by molar-refractivity contribution is -0.123. The second-order valence-corrected chi connectivity index (χ2v) is 6.72. The van der Waals surface area contributed by atoms with Crippen LogP contribution >= 0.6 is 0 Å². The SMILES string of the molecule is COc1cc(CNC(=O)C2CC(F)(F)CN2)ccc1OC1CCCC1. The van der Waals surface area contributed by atoms with Crippen LogP contribution in [0.3, 0.4) is 0 Å². The number of hydrogen-bond acceptors (Lipinski definition) is 4. The zero-order chi connectivity index (χ0) is 17.9. The predicted molar refractivity (Wildman–Crippen MR) is 89.1 cm³/mol. The average molecular weight is 354 g/mol. The van der Waals surface area contributed by atoms with Gasteiger partial charge in [-0.25, -0.2) is 8.78 Å². The van der Waals surface area contributed by atoms with E-state index in [-0.39, 0.29) is 12.6 Å². The first-order valence-electron chi connectivity index (χ1n) is 8.69. The molecule has 0 radical (unpaired) electrons. The quantitative estimate of drug-likeness (QED) is 0.825. The van der Waals surface area contributed by atoms with E-state index in [4.69, 9.17) is 9.47 Å². The fourth-order valence-corrected chi connectivity index (χ4v) is 3.32. The molecule has 3 rings (SSSR count). The van der Waals surface area contributed by atoms with Crippen LogP contribution in [0.25, 0.3) is 0 Å². The van der Waals surface area contributed by atoms with Crippen LogP contribution in [0, 0.1) is 0 Å². The molecule has 1 aromatic carbocycles. The maximum Gasteiger partial charge on any atom is 0.262 e. The van der Waals surface area contributed by atoms with Gasteiger partial charge in [0.25, 0.3) is 5.92 Å². The molecule has 5 nitrogen and oxygen atoms in total. The summed E-state index contributed by atoms with van der Waals surface area (Å²) in [5.74, 6) is -1.92. The molecule has 7 heteroatoms. The van der Waals surface area contributed by atoms with E-state index in [0.29, 0.717) is 11.5 Å². The van der Waals surface area contributed by atoms with Gasteiger partial charge in [0.15, 0.2) is 11.5 Å². The van der Waals surface area contributed by atoms with E-state index in [1.807, 2.05) is 12.1 Å². The molecule has 2 fully saturated rings. The van der Waals surface area contributed by atoms with Gasteiger partial charge >= 0.3 is 0 Å². The molecule has 1 amide bonds. The highest BCUT2D eigenvalue weighted by atomic mass is 19.3. The van der Waals surface area contributed by atoms with Gasteiger partial charge < -0.3 is 14.8 Å². The van der Waals surface area contributed by atoms with E-state index >= 15 is 0 Å². The van der Waals surface area contributed by atoms with Crippen LogP contribution in [-0.4, -0.2) is 37.6 Å². The van der Waals surface area contributed by atoms with Crippen LogP contribution in [0.4, 0.5) is 8.78 Å². The van der Waals surface area contributed by atoms with Crippen LogP contribution in [-0.2, 0) is 11.3 Å². The van der Waals surface area contributed by atoms with Crippen molar-refractivity contribution in [2.75, 3.05) is 13.7 Å². The molecular weight excluding hydrogens is 330 g/mol. The number of carbonyl (C=O) groups is 1. The van der Waals surface area contributed by atoms with Crippen LogP contribution in [0.2, 0.25) is 0 Å². The van der Waals surface area contributed by atoms with Gasteiger partial charge in [-0.2, -0.15) is 0 Å². The van der Waals surface area contributed by atoms with Crippen LogP contribution in [0.1, 0.15) is 37.7 Å². The number of hydrogen-bond donors (Lipinski definition) is 2. The van der Waals surface area contributed by atoms with E-state index in [9.17, 15) is 13.6 Å². The molecule has 0 aromatic heterocycles. The molecular formula is C18H24F2N2O3. The second kappa shape index (κ2) is 7.56. The van der Waals surface area contributed by atoms with E-state index in [1.54, 1.807) is 13.2 Å². The van der Waals surface area contributed by atoms with E-state index in [0.717, 1.165) is 18.4 Å². The number of rotatable bonds is 6. The van der Waals surface area contributed by atoms with Crippen molar-refractivity contribution in [3.05, 3.63) is 23.8 Å². The first-order chi connectivity index (χ1) is 12.0. The van der Waals surface area contributed by atoms with Crippen molar-refractivity contribution in [2.45, 2.75) is 56.7 Å². The summed E-state index contributed by atoms with van der Waals surface area (Å²) in [7, 11) is 1.57. The summed E-state index contributed by atoms with van der Waals surface area (Å²) in [6.45, 7) is -0.200. The lowest BCUT2D eigenvalue weighted by atomic mass is 10.1. The van der Waals surface area contributed by atoms with Gasteiger partial charge in [0, 0.05) is 13.0 Å². The van der Waals surface area contributed by atoms with Gasteiger partial charge in [0.1, 0.15) is 0 Å². The van der Waals surface area contributed by atoms with Gasteiger partial charge in [0.2, 0.25) is 5.91 Å². The van der Waals surface area contributed by atoms with Crippen molar-refractivity contribution in [2.24, 2.45) is 0 Å².